The lowest BCUT2D eigenvalue weighted by Crippen LogP contribution is -1.86. The fourth-order valence-corrected chi connectivity index (χ4v) is 0.157. The Balaban J connectivity index is 3.83. The number of aliphatic imine (C=N–C) groups is 1. The van der Waals surface area contributed by atoms with Crippen LogP contribution in [0.1, 0.15) is 6.92 Å². The second kappa shape index (κ2) is 3.19. The molecule has 0 radical (unpaired) electrons. The van der Waals surface area contributed by atoms with Crippen molar-refractivity contribution in [3.05, 3.63) is 18.0 Å². The summed E-state index contributed by atoms with van der Waals surface area (Å²) in [5, 5.41) is 0. The van der Waals surface area contributed by atoms with Gasteiger partial charge in [0.2, 0.25) is 0 Å². The summed E-state index contributed by atoms with van der Waals surface area (Å²) in [5.41, 5.74) is 8.19. The minimum atomic E-state index is 0.711. The lowest BCUT2D eigenvalue weighted by Gasteiger charge is -1.77. The molecule has 0 spiro atoms. The second-order valence-electron chi connectivity index (χ2n) is 1.04. The molecular weight excluding hydrogens is 88.1 g/mol. The number of nitrogens with two attached hydrogens (primary N) is 1. The Bertz CT molecular complexity index is 118. The third-order valence-electron chi connectivity index (χ3n) is 0.524. The Kier molecular flexibility index (Phi) is 2.73. The molecule has 0 aliphatic heterocycles. The molecule has 0 amide bonds. The molecule has 2 nitrogen and oxygen atoms in total. The summed E-state index contributed by atoms with van der Waals surface area (Å²) in [5.74, 6) is 0. The van der Waals surface area contributed by atoms with E-state index in [0.29, 0.717) is 5.70 Å². The monoisotopic (exact) mass is 96.1 g/mol. The molecule has 2 N–H and O–H groups in total. The van der Waals surface area contributed by atoms with Crippen LogP contribution in [0.15, 0.2) is 23.0 Å². The Morgan fingerprint density at radius 3 is 2.71 bits per heavy atom. The van der Waals surface area contributed by atoms with Gasteiger partial charge in [0.15, 0.2) is 0 Å². The first-order chi connectivity index (χ1) is 3.31. The van der Waals surface area contributed by atoms with Crippen LogP contribution in [0.2, 0.25) is 0 Å². The molecule has 0 aliphatic carbocycles. The Labute approximate surface area is 43.1 Å². The maximum absolute atomic E-state index is 4.92. The normalized spacial score (nSPS) is 8.71. The number of rotatable bonds is 1. The summed E-state index contributed by atoms with van der Waals surface area (Å²) in [6, 6.07) is 0. The fraction of sp³-hybridized carbons (Fsp3) is 0.200. The first-order valence-corrected chi connectivity index (χ1v) is 1.92. The smallest absolute Gasteiger partial charge is 0.0863 e. The summed E-state index contributed by atoms with van der Waals surface area (Å²) >= 11 is 0. The highest BCUT2D eigenvalue weighted by Crippen LogP contribution is 1.84. The minimum absolute atomic E-state index is 0.711. The molecule has 0 aromatic rings. The van der Waals surface area contributed by atoms with Crippen LogP contribution in [0.5, 0.6) is 0 Å². The molecule has 0 heterocycles. The highest BCUT2D eigenvalue weighted by Gasteiger charge is 1.69. The molecule has 0 atom stereocenters. The molecule has 0 saturated heterocycles. The predicted octanol–water partition coefficient (Wildman–Crippen LogP) is 0.662. The summed E-state index contributed by atoms with van der Waals surface area (Å²) < 4.78 is 0. The van der Waals surface area contributed by atoms with Crippen molar-refractivity contribution >= 4 is 6.34 Å². The van der Waals surface area contributed by atoms with Gasteiger partial charge in [-0.2, -0.15) is 0 Å². The Morgan fingerprint density at radius 1 is 2.00 bits per heavy atom. The van der Waals surface area contributed by atoms with Crippen LogP contribution in [-0.4, -0.2) is 6.34 Å². The topological polar surface area (TPSA) is 38.4 Å². The van der Waals surface area contributed by atoms with Crippen molar-refractivity contribution in [3.8, 4) is 0 Å². The molecule has 0 aromatic heterocycles. The van der Waals surface area contributed by atoms with E-state index in [4.69, 9.17) is 5.73 Å². The molecule has 0 bridgehead atoms. The van der Waals surface area contributed by atoms with Crippen molar-refractivity contribution in [2.24, 2.45) is 10.7 Å². The molecule has 0 fully saturated rings. The van der Waals surface area contributed by atoms with E-state index in [9.17, 15) is 0 Å². The lowest BCUT2D eigenvalue weighted by atomic mass is 10.6. The molecule has 0 saturated carbocycles. The first kappa shape index (κ1) is 5.99. The largest absolute Gasteiger partial charge is 0.390 e. The van der Waals surface area contributed by atoms with Gasteiger partial charge in [0.1, 0.15) is 0 Å². The van der Waals surface area contributed by atoms with Crippen LogP contribution in [0, 0.1) is 0 Å². The van der Waals surface area contributed by atoms with E-state index in [0.717, 1.165) is 0 Å². The molecule has 0 aliphatic rings. The fourth-order valence-electron chi connectivity index (χ4n) is 0.157. The van der Waals surface area contributed by atoms with Gasteiger partial charge in [-0.25, -0.2) is 4.99 Å². The van der Waals surface area contributed by atoms with Gasteiger partial charge in [-0.3, -0.25) is 0 Å². The van der Waals surface area contributed by atoms with Crippen LogP contribution in [0.4, 0.5) is 0 Å². The van der Waals surface area contributed by atoms with E-state index >= 15 is 0 Å². The van der Waals surface area contributed by atoms with E-state index in [-0.39, 0.29) is 0 Å². The first-order valence-electron chi connectivity index (χ1n) is 1.92. The van der Waals surface area contributed by atoms with Gasteiger partial charge < -0.3 is 5.73 Å². The van der Waals surface area contributed by atoms with Gasteiger partial charge in [-0.05, 0) is 6.92 Å². The van der Waals surface area contributed by atoms with Crippen molar-refractivity contribution in [3.63, 3.8) is 0 Å². The number of hydrogen-bond acceptors (Lipinski definition) is 1. The minimum Gasteiger partial charge on any atom is -0.390 e. The molecule has 38 valence electrons. The SMILES string of the molecule is C=C=C(C)N=CN. The average Bonchev–Trinajstić information content (AvgIpc) is 1.68. The third-order valence-corrected chi connectivity index (χ3v) is 0.524. The van der Waals surface area contributed by atoms with E-state index in [1.807, 2.05) is 0 Å². The predicted molar refractivity (Wildman–Crippen MR) is 31.0 cm³/mol. The van der Waals surface area contributed by atoms with Crippen LogP contribution in [-0.2, 0) is 0 Å². The standard InChI is InChI=1S/C5H8N2/c1-3-5(2)7-4-6/h4H,1H2,2H3,(H2,6,7). The summed E-state index contributed by atoms with van der Waals surface area (Å²) in [6.45, 7) is 5.12. The maximum atomic E-state index is 4.92. The van der Waals surface area contributed by atoms with Crippen LogP contribution in [0.3, 0.4) is 0 Å². The average molecular weight is 96.1 g/mol. The van der Waals surface area contributed by atoms with E-state index in [1.165, 1.54) is 6.34 Å². The van der Waals surface area contributed by atoms with Crippen molar-refractivity contribution in [1.82, 2.24) is 0 Å². The molecule has 0 rings (SSSR count). The van der Waals surface area contributed by atoms with E-state index in [1.54, 1.807) is 6.92 Å². The van der Waals surface area contributed by atoms with Gasteiger partial charge in [0, 0.05) is 0 Å². The van der Waals surface area contributed by atoms with Crippen molar-refractivity contribution in [2.45, 2.75) is 6.92 Å². The van der Waals surface area contributed by atoms with Crippen LogP contribution < -0.4 is 5.73 Å². The summed E-state index contributed by atoms with van der Waals surface area (Å²) in [7, 11) is 0. The molecule has 2 heteroatoms. The van der Waals surface area contributed by atoms with Gasteiger partial charge in [0.25, 0.3) is 0 Å². The van der Waals surface area contributed by atoms with Crippen molar-refractivity contribution in [1.29, 1.82) is 0 Å². The Morgan fingerprint density at radius 2 is 2.57 bits per heavy atom. The van der Waals surface area contributed by atoms with Crippen LogP contribution >= 0.6 is 0 Å². The molecule has 0 unspecified atom stereocenters. The zero-order valence-electron chi connectivity index (χ0n) is 4.31. The van der Waals surface area contributed by atoms with Gasteiger partial charge in [-0.1, -0.05) is 6.58 Å². The number of allylic oxidation sites excluding steroid dienone is 1. The zero-order chi connectivity index (χ0) is 5.70. The van der Waals surface area contributed by atoms with E-state index in [2.05, 4.69) is 17.3 Å². The van der Waals surface area contributed by atoms with Gasteiger partial charge in [-0.15, -0.1) is 5.73 Å². The lowest BCUT2D eigenvalue weighted by molar-refractivity contribution is 1.32. The van der Waals surface area contributed by atoms with E-state index < -0.39 is 0 Å². The number of hydrogen-bond donors (Lipinski definition) is 1. The second-order valence-corrected chi connectivity index (χ2v) is 1.04. The highest BCUT2D eigenvalue weighted by molar-refractivity contribution is 5.52. The number of nitrogens with zero attached hydrogens (tertiary/aromatic N) is 1. The molecular formula is C5H8N2. The van der Waals surface area contributed by atoms with Gasteiger partial charge in [0.05, 0.1) is 12.0 Å². The molecule has 7 heavy (non-hydrogen) atoms. The van der Waals surface area contributed by atoms with Crippen LogP contribution in [0.25, 0.3) is 0 Å². The highest BCUT2D eigenvalue weighted by atomic mass is 14.8. The Hall–Kier alpha value is -1.01. The van der Waals surface area contributed by atoms with Gasteiger partial charge >= 0.3 is 0 Å². The summed E-state index contributed by atoms with van der Waals surface area (Å²) in [6.07, 6.45) is 1.22. The van der Waals surface area contributed by atoms with Crippen molar-refractivity contribution < 1.29 is 0 Å². The quantitative estimate of drug-likeness (QED) is 0.291. The summed E-state index contributed by atoms with van der Waals surface area (Å²) in [4.78, 5) is 3.64. The maximum Gasteiger partial charge on any atom is 0.0863 e. The third kappa shape index (κ3) is 2.80. The van der Waals surface area contributed by atoms with Crippen molar-refractivity contribution in [2.75, 3.05) is 0 Å². The zero-order valence-corrected chi connectivity index (χ0v) is 4.31. The molecule has 0 aromatic carbocycles.